The van der Waals surface area contributed by atoms with Gasteiger partial charge in [-0.1, -0.05) is 18.2 Å². The van der Waals surface area contributed by atoms with Gasteiger partial charge in [-0.2, -0.15) is 0 Å². The van der Waals surface area contributed by atoms with Crippen LogP contribution in [0.5, 0.6) is 0 Å². The summed E-state index contributed by atoms with van der Waals surface area (Å²) in [6.45, 7) is 2.03. The van der Waals surface area contributed by atoms with Gasteiger partial charge in [-0.3, -0.25) is 4.79 Å². The van der Waals surface area contributed by atoms with Gasteiger partial charge in [0.05, 0.1) is 11.9 Å². The number of para-hydroxylation sites is 1. The molecule has 1 N–H and O–H groups in total. The molecule has 3 nitrogen and oxygen atoms in total. The van der Waals surface area contributed by atoms with Gasteiger partial charge in [0.1, 0.15) is 0 Å². The summed E-state index contributed by atoms with van der Waals surface area (Å²) in [6, 6.07) is 5.97. The lowest BCUT2D eigenvalue weighted by molar-refractivity contribution is -0.136. The van der Waals surface area contributed by atoms with Crippen molar-refractivity contribution in [2.24, 2.45) is 7.05 Å². The lowest BCUT2D eigenvalue weighted by Crippen LogP contribution is -1.98. The zero-order valence-electron chi connectivity index (χ0n) is 8.82. The number of hydrogen-bond acceptors (Lipinski definition) is 1. The maximum absolute atomic E-state index is 10.7. The summed E-state index contributed by atoms with van der Waals surface area (Å²) in [6.07, 6.45) is 1.98. The van der Waals surface area contributed by atoms with Crippen molar-refractivity contribution in [3.8, 4) is 0 Å². The number of rotatable bonds is 2. The fraction of sp³-hybridized carbons (Fsp3) is 0.250. The Hall–Kier alpha value is -1.77. The molecule has 2 rings (SSSR count). The highest BCUT2D eigenvalue weighted by molar-refractivity contribution is 5.89. The minimum Gasteiger partial charge on any atom is -0.481 e. The fourth-order valence-corrected chi connectivity index (χ4v) is 2.06. The highest BCUT2D eigenvalue weighted by Gasteiger charge is 2.10. The van der Waals surface area contributed by atoms with Crippen LogP contribution in [-0.4, -0.2) is 15.6 Å². The largest absolute Gasteiger partial charge is 0.481 e. The van der Waals surface area contributed by atoms with Crippen molar-refractivity contribution >= 4 is 16.9 Å². The van der Waals surface area contributed by atoms with E-state index in [9.17, 15) is 4.79 Å². The lowest BCUT2D eigenvalue weighted by Gasteiger charge is -1.99. The summed E-state index contributed by atoms with van der Waals surface area (Å²) in [5, 5.41) is 9.84. The molecule has 0 atom stereocenters. The Morgan fingerprint density at radius 1 is 1.47 bits per heavy atom. The second-order valence-corrected chi connectivity index (χ2v) is 3.81. The molecular formula is C12H13NO2. The van der Waals surface area contributed by atoms with Gasteiger partial charge in [-0.15, -0.1) is 0 Å². The van der Waals surface area contributed by atoms with Crippen molar-refractivity contribution in [3.05, 3.63) is 35.5 Å². The molecule has 0 saturated heterocycles. The number of carboxylic acid groups (broad SMARTS) is 1. The third-order valence-electron chi connectivity index (χ3n) is 2.63. The van der Waals surface area contributed by atoms with Crippen LogP contribution in [0.2, 0.25) is 0 Å². The van der Waals surface area contributed by atoms with E-state index in [1.165, 1.54) is 5.56 Å². The topological polar surface area (TPSA) is 42.2 Å². The Labute approximate surface area is 87.9 Å². The third-order valence-corrected chi connectivity index (χ3v) is 2.63. The van der Waals surface area contributed by atoms with Crippen LogP contribution >= 0.6 is 0 Å². The Bertz CT molecular complexity index is 526. The predicted octanol–water partition coefficient (Wildman–Crippen LogP) is 2.11. The van der Waals surface area contributed by atoms with Crippen LogP contribution < -0.4 is 0 Å². The minimum absolute atomic E-state index is 0.0841. The number of aryl methyl sites for hydroxylation is 2. The molecule has 0 bridgehead atoms. The number of hydrogen-bond donors (Lipinski definition) is 1. The summed E-state index contributed by atoms with van der Waals surface area (Å²) in [7, 11) is 1.95. The van der Waals surface area contributed by atoms with Gasteiger partial charge < -0.3 is 9.67 Å². The number of aliphatic carboxylic acids is 1. The van der Waals surface area contributed by atoms with E-state index >= 15 is 0 Å². The molecule has 0 spiro atoms. The monoisotopic (exact) mass is 203 g/mol. The Morgan fingerprint density at radius 2 is 2.20 bits per heavy atom. The molecule has 1 heterocycles. The molecular weight excluding hydrogens is 190 g/mol. The minimum atomic E-state index is -0.788. The molecule has 0 radical (unpaired) electrons. The van der Waals surface area contributed by atoms with Crippen LogP contribution in [-0.2, 0) is 18.3 Å². The summed E-state index contributed by atoms with van der Waals surface area (Å²) in [5.74, 6) is -0.788. The number of benzene rings is 1. The van der Waals surface area contributed by atoms with Gasteiger partial charge in [0.15, 0.2) is 0 Å². The SMILES string of the molecule is Cc1cccc2c(CC(=O)O)cn(C)c12. The molecule has 2 aromatic rings. The second kappa shape index (κ2) is 3.42. The summed E-state index contributed by atoms with van der Waals surface area (Å²) in [5.41, 5.74) is 3.17. The molecule has 3 heteroatoms. The molecule has 0 fully saturated rings. The Morgan fingerprint density at radius 3 is 2.87 bits per heavy atom. The molecule has 0 amide bonds. The van der Waals surface area contributed by atoms with Gasteiger partial charge in [0, 0.05) is 18.6 Å². The number of fused-ring (bicyclic) bond motifs is 1. The zero-order chi connectivity index (χ0) is 11.0. The highest BCUT2D eigenvalue weighted by atomic mass is 16.4. The van der Waals surface area contributed by atoms with E-state index in [4.69, 9.17) is 5.11 Å². The summed E-state index contributed by atoms with van der Waals surface area (Å²) < 4.78 is 1.99. The van der Waals surface area contributed by atoms with E-state index < -0.39 is 5.97 Å². The molecule has 78 valence electrons. The van der Waals surface area contributed by atoms with Gasteiger partial charge in [0.2, 0.25) is 0 Å². The van der Waals surface area contributed by atoms with Crippen LogP contribution in [0, 0.1) is 6.92 Å². The first-order valence-corrected chi connectivity index (χ1v) is 4.85. The van der Waals surface area contributed by atoms with E-state index in [-0.39, 0.29) is 6.42 Å². The van der Waals surface area contributed by atoms with E-state index in [0.29, 0.717) is 0 Å². The molecule has 0 aliphatic heterocycles. The van der Waals surface area contributed by atoms with E-state index in [1.54, 1.807) is 0 Å². The van der Waals surface area contributed by atoms with Gasteiger partial charge >= 0.3 is 5.97 Å². The molecule has 0 aliphatic carbocycles. The van der Waals surface area contributed by atoms with Crippen molar-refractivity contribution in [1.82, 2.24) is 4.57 Å². The number of aromatic nitrogens is 1. The van der Waals surface area contributed by atoms with Crippen molar-refractivity contribution in [3.63, 3.8) is 0 Å². The van der Waals surface area contributed by atoms with Crippen molar-refractivity contribution in [1.29, 1.82) is 0 Å². The molecule has 15 heavy (non-hydrogen) atoms. The average Bonchev–Trinajstić information content (AvgIpc) is 2.44. The molecule has 0 unspecified atom stereocenters. The summed E-state index contributed by atoms with van der Waals surface area (Å²) in [4.78, 5) is 10.7. The normalized spacial score (nSPS) is 10.8. The van der Waals surface area contributed by atoms with Crippen LogP contribution in [0.15, 0.2) is 24.4 Å². The first-order valence-electron chi connectivity index (χ1n) is 4.85. The second-order valence-electron chi connectivity index (χ2n) is 3.81. The smallest absolute Gasteiger partial charge is 0.307 e. The number of carbonyl (C=O) groups is 1. The van der Waals surface area contributed by atoms with Crippen LogP contribution in [0.4, 0.5) is 0 Å². The van der Waals surface area contributed by atoms with Crippen LogP contribution in [0.1, 0.15) is 11.1 Å². The molecule has 0 saturated carbocycles. The number of carboxylic acids is 1. The lowest BCUT2D eigenvalue weighted by atomic mass is 10.1. The van der Waals surface area contributed by atoms with Crippen molar-refractivity contribution in [2.75, 3.05) is 0 Å². The van der Waals surface area contributed by atoms with Crippen LogP contribution in [0.3, 0.4) is 0 Å². The molecule has 0 aliphatic rings. The zero-order valence-corrected chi connectivity index (χ0v) is 8.82. The standard InChI is InChI=1S/C12H13NO2/c1-8-4-3-5-10-9(6-11(14)15)7-13(2)12(8)10/h3-5,7H,6H2,1-2H3,(H,14,15). The van der Waals surface area contributed by atoms with Gasteiger partial charge in [-0.25, -0.2) is 0 Å². The van der Waals surface area contributed by atoms with E-state index in [2.05, 4.69) is 0 Å². The molecule has 1 aromatic heterocycles. The highest BCUT2D eigenvalue weighted by Crippen LogP contribution is 2.23. The molecule has 1 aromatic carbocycles. The van der Waals surface area contributed by atoms with Crippen LogP contribution in [0.25, 0.3) is 10.9 Å². The Balaban J connectivity index is 2.68. The van der Waals surface area contributed by atoms with E-state index in [0.717, 1.165) is 16.5 Å². The van der Waals surface area contributed by atoms with Crippen molar-refractivity contribution in [2.45, 2.75) is 13.3 Å². The fourth-order valence-electron chi connectivity index (χ4n) is 2.06. The first kappa shape index (κ1) is 9.77. The maximum atomic E-state index is 10.7. The number of nitrogens with zero attached hydrogens (tertiary/aromatic N) is 1. The maximum Gasteiger partial charge on any atom is 0.307 e. The van der Waals surface area contributed by atoms with Gasteiger partial charge in [0.25, 0.3) is 0 Å². The van der Waals surface area contributed by atoms with Gasteiger partial charge in [-0.05, 0) is 18.1 Å². The quantitative estimate of drug-likeness (QED) is 0.812. The third kappa shape index (κ3) is 1.61. The Kier molecular flexibility index (Phi) is 2.23. The predicted molar refractivity (Wildman–Crippen MR) is 59.0 cm³/mol. The van der Waals surface area contributed by atoms with Crippen molar-refractivity contribution < 1.29 is 9.90 Å². The van der Waals surface area contributed by atoms with E-state index in [1.807, 2.05) is 42.9 Å². The first-order chi connectivity index (χ1) is 7.09. The summed E-state index contributed by atoms with van der Waals surface area (Å²) >= 11 is 0. The average molecular weight is 203 g/mol.